The van der Waals surface area contributed by atoms with Gasteiger partial charge in [0, 0.05) is 17.7 Å². The van der Waals surface area contributed by atoms with Crippen molar-refractivity contribution in [2.24, 2.45) is 5.73 Å². The van der Waals surface area contributed by atoms with Crippen LogP contribution in [0.15, 0.2) is 59.6 Å². The molecule has 0 bridgehead atoms. The number of para-hydroxylation sites is 1. The monoisotopic (exact) mass is 294 g/mol. The van der Waals surface area contributed by atoms with Crippen molar-refractivity contribution in [2.45, 2.75) is 24.2 Å². The van der Waals surface area contributed by atoms with E-state index in [-0.39, 0.29) is 0 Å². The molecule has 0 aliphatic rings. The lowest BCUT2D eigenvalue weighted by Gasteiger charge is -2.10. The third kappa shape index (κ3) is 3.09. The van der Waals surface area contributed by atoms with Crippen molar-refractivity contribution in [1.82, 2.24) is 4.98 Å². The maximum atomic E-state index is 5.89. The van der Waals surface area contributed by atoms with Crippen molar-refractivity contribution in [3.05, 3.63) is 71.3 Å². The minimum absolute atomic E-state index is 0.522. The molecule has 2 nitrogen and oxygen atoms in total. The van der Waals surface area contributed by atoms with Gasteiger partial charge in [0.25, 0.3) is 0 Å². The molecule has 2 aromatic carbocycles. The summed E-state index contributed by atoms with van der Waals surface area (Å²) >= 11 is 1.76. The predicted octanol–water partition coefficient (Wildman–Crippen LogP) is 4.29. The second kappa shape index (κ2) is 6.29. The summed E-state index contributed by atoms with van der Waals surface area (Å²) < 4.78 is 0. The smallest absolute Gasteiger partial charge is 0.102 e. The van der Waals surface area contributed by atoms with E-state index in [0.29, 0.717) is 6.54 Å². The Morgan fingerprint density at radius 2 is 1.76 bits per heavy atom. The Kier molecular flexibility index (Phi) is 4.23. The standard InChI is InChI=1S/C18H18N2S/c1-13-6-2-3-8-15(13)12-21-18-16(11-19)10-14-7-4-5-9-17(14)20-18/h2-10H,11-12,19H2,1H3. The van der Waals surface area contributed by atoms with Crippen LogP contribution in [0.2, 0.25) is 0 Å². The van der Waals surface area contributed by atoms with Crippen LogP contribution in [0.3, 0.4) is 0 Å². The largest absolute Gasteiger partial charge is 0.326 e. The number of nitrogens with zero attached hydrogens (tertiary/aromatic N) is 1. The van der Waals surface area contributed by atoms with Gasteiger partial charge in [-0.05, 0) is 35.7 Å². The molecular formula is C18H18N2S. The summed E-state index contributed by atoms with van der Waals surface area (Å²) in [5.74, 6) is 0.922. The molecule has 0 atom stereocenters. The Bertz CT molecular complexity index is 768. The fourth-order valence-electron chi connectivity index (χ4n) is 2.33. The van der Waals surface area contributed by atoms with Crippen LogP contribution in [-0.2, 0) is 12.3 Å². The van der Waals surface area contributed by atoms with Gasteiger partial charge in [0.05, 0.1) is 5.52 Å². The number of benzene rings is 2. The van der Waals surface area contributed by atoms with Crippen LogP contribution in [0.25, 0.3) is 10.9 Å². The molecule has 0 unspecified atom stereocenters. The van der Waals surface area contributed by atoms with Gasteiger partial charge in [0.15, 0.2) is 0 Å². The van der Waals surface area contributed by atoms with Crippen LogP contribution in [0.1, 0.15) is 16.7 Å². The summed E-state index contributed by atoms with van der Waals surface area (Å²) in [6, 6.07) is 18.8. The Morgan fingerprint density at radius 3 is 2.57 bits per heavy atom. The number of aromatic nitrogens is 1. The zero-order chi connectivity index (χ0) is 14.7. The van der Waals surface area contributed by atoms with Crippen LogP contribution in [-0.4, -0.2) is 4.98 Å². The molecule has 3 aromatic rings. The molecular weight excluding hydrogens is 276 g/mol. The first kappa shape index (κ1) is 14.1. The van der Waals surface area contributed by atoms with Crippen molar-refractivity contribution in [3.63, 3.8) is 0 Å². The van der Waals surface area contributed by atoms with E-state index in [0.717, 1.165) is 27.2 Å². The van der Waals surface area contributed by atoms with Gasteiger partial charge >= 0.3 is 0 Å². The molecule has 0 saturated heterocycles. The minimum Gasteiger partial charge on any atom is -0.326 e. The van der Waals surface area contributed by atoms with Crippen molar-refractivity contribution >= 4 is 22.7 Å². The van der Waals surface area contributed by atoms with Crippen molar-refractivity contribution in [3.8, 4) is 0 Å². The number of thioether (sulfide) groups is 1. The predicted molar refractivity (Wildman–Crippen MR) is 90.4 cm³/mol. The number of hydrogen-bond donors (Lipinski definition) is 1. The summed E-state index contributed by atoms with van der Waals surface area (Å²) in [6.45, 7) is 2.67. The molecule has 21 heavy (non-hydrogen) atoms. The number of nitrogens with two attached hydrogens (primary N) is 1. The first-order valence-corrected chi connectivity index (χ1v) is 8.02. The van der Waals surface area contributed by atoms with E-state index in [1.54, 1.807) is 11.8 Å². The highest BCUT2D eigenvalue weighted by Gasteiger charge is 2.07. The van der Waals surface area contributed by atoms with Gasteiger partial charge in [-0.15, -0.1) is 11.8 Å². The lowest BCUT2D eigenvalue weighted by molar-refractivity contribution is 0.981. The fourth-order valence-corrected chi connectivity index (χ4v) is 3.44. The Balaban J connectivity index is 1.91. The molecule has 0 aliphatic heterocycles. The molecule has 3 heteroatoms. The molecule has 2 N–H and O–H groups in total. The van der Waals surface area contributed by atoms with Gasteiger partial charge < -0.3 is 5.73 Å². The van der Waals surface area contributed by atoms with Crippen molar-refractivity contribution < 1.29 is 0 Å². The Labute approximate surface area is 129 Å². The van der Waals surface area contributed by atoms with E-state index in [1.807, 2.05) is 18.2 Å². The third-order valence-electron chi connectivity index (χ3n) is 3.61. The van der Waals surface area contributed by atoms with E-state index in [2.05, 4.69) is 43.3 Å². The van der Waals surface area contributed by atoms with Crippen molar-refractivity contribution in [2.75, 3.05) is 0 Å². The summed E-state index contributed by atoms with van der Waals surface area (Å²) in [7, 11) is 0. The van der Waals surface area contributed by atoms with Crippen molar-refractivity contribution in [1.29, 1.82) is 0 Å². The van der Waals surface area contributed by atoms with Crippen LogP contribution >= 0.6 is 11.8 Å². The van der Waals surface area contributed by atoms with Gasteiger partial charge in [-0.1, -0.05) is 42.5 Å². The average molecular weight is 294 g/mol. The Morgan fingerprint density at radius 1 is 1.00 bits per heavy atom. The maximum absolute atomic E-state index is 5.89. The SMILES string of the molecule is Cc1ccccc1CSc1nc2ccccc2cc1CN. The molecule has 0 amide bonds. The van der Waals surface area contributed by atoms with Crippen LogP contribution in [0.5, 0.6) is 0 Å². The second-order valence-corrected chi connectivity index (χ2v) is 6.03. The minimum atomic E-state index is 0.522. The van der Waals surface area contributed by atoms with Gasteiger partial charge in [-0.25, -0.2) is 4.98 Å². The zero-order valence-electron chi connectivity index (χ0n) is 12.0. The van der Waals surface area contributed by atoms with Gasteiger partial charge in [0.2, 0.25) is 0 Å². The lowest BCUT2D eigenvalue weighted by atomic mass is 10.1. The number of fused-ring (bicyclic) bond motifs is 1. The van der Waals surface area contributed by atoms with E-state index in [1.165, 1.54) is 11.1 Å². The third-order valence-corrected chi connectivity index (χ3v) is 4.69. The molecule has 1 heterocycles. The molecule has 106 valence electrons. The summed E-state index contributed by atoms with van der Waals surface area (Å²) in [5.41, 5.74) is 10.7. The van der Waals surface area contributed by atoms with E-state index >= 15 is 0 Å². The highest BCUT2D eigenvalue weighted by Crippen LogP contribution is 2.28. The molecule has 0 fully saturated rings. The highest BCUT2D eigenvalue weighted by molar-refractivity contribution is 7.98. The van der Waals surface area contributed by atoms with E-state index in [4.69, 9.17) is 10.7 Å². The molecule has 3 rings (SSSR count). The molecule has 0 spiro atoms. The maximum Gasteiger partial charge on any atom is 0.102 e. The van der Waals surface area contributed by atoms with Gasteiger partial charge in [-0.2, -0.15) is 0 Å². The average Bonchev–Trinajstić information content (AvgIpc) is 2.53. The Hall–Kier alpha value is -1.84. The molecule has 0 aliphatic carbocycles. The fraction of sp³-hybridized carbons (Fsp3) is 0.167. The first-order chi connectivity index (χ1) is 10.3. The number of hydrogen-bond acceptors (Lipinski definition) is 3. The normalized spacial score (nSPS) is 11.0. The molecule has 1 aromatic heterocycles. The van der Waals surface area contributed by atoms with Gasteiger partial charge in [0.1, 0.15) is 5.03 Å². The van der Waals surface area contributed by atoms with Gasteiger partial charge in [-0.3, -0.25) is 0 Å². The van der Waals surface area contributed by atoms with Crippen LogP contribution in [0, 0.1) is 6.92 Å². The highest BCUT2D eigenvalue weighted by atomic mass is 32.2. The van der Waals surface area contributed by atoms with Crippen LogP contribution < -0.4 is 5.73 Å². The molecule has 0 radical (unpaired) electrons. The summed E-state index contributed by atoms with van der Waals surface area (Å²) in [4.78, 5) is 4.77. The van der Waals surface area contributed by atoms with E-state index < -0.39 is 0 Å². The lowest BCUT2D eigenvalue weighted by Crippen LogP contribution is -2.01. The number of aryl methyl sites for hydroxylation is 1. The second-order valence-electron chi connectivity index (χ2n) is 5.06. The summed E-state index contributed by atoms with van der Waals surface area (Å²) in [6.07, 6.45) is 0. The van der Waals surface area contributed by atoms with E-state index in [9.17, 15) is 0 Å². The quantitative estimate of drug-likeness (QED) is 0.729. The topological polar surface area (TPSA) is 38.9 Å². The first-order valence-electron chi connectivity index (χ1n) is 7.04. The zero-order valence-corrected chi connectivity index (χ0v) is 12.9. The molecule has 0 saturated carbocycles. The number of rotatable bonds is 4. The van der Waals surface area contributed by atoms with Crippen LogP contribution in [0.4, 0.5) is 0 Å². The number of pyridine rings is 1. The summed E-state index contributed by atoms with van der Waals surface area (Å²) in [5, 5.41) is 2.19.